The van der Waals surface area contributed by atoms with Gasteiger partial charge < -0.3 is 5.73 Å². The maximum Gasteiger partial charge on any atom is 0.181 e. The number of anilines is 1. The second-order valence-corrected chi connectivity index (χ2v) is 3.62. The maximum absolute atomic E-state index is 5.53. The molecule has 0 radical (unpaired) electrons. The Morgan fingerprint density at radius 1 is 1.38 bits per heavy atom. The highest BCUT2D eigenvalue weighted by atomic mass is 32.1. The summed E-state index contributed by atoms with van der Waals surface area (Å²) in [4.78, 5) is 12.4. The highest BCUT2D eigenvalue weighted by molar-refractivity contribution is 7.09. The molecule has 0 bridgehead atoms. The fraction of sp³-hybridized carbons (Fsp3) is 0.125. The van der Waals surface area contributed by atoms with Crippen LogP contribution in [0.1, 0.15) is 5.01 Å². The van der Waals surface area contributed by atoms with E-state index in [4.69, 9.17) is 5.73 Å². The topological polar surface area (TPSA) is 64.7 Å². The first-order chi connectivity index (χ1) is 6.25. The van der Waals surface area contributed by atoms with Crippen LogP contribution in [0.4, 0.5) is 5.82 Å². The van der Waals surface area contributed by atoms with Gasteiger partial charge in [-0.05, 0) is 13.0 Å². The summed E-state index contributed by atoms with van der Waals surface area (Å²) in [7, 11) is 0. The first kappa shape index (κ1) is 8.12. The van der Waals surface area contributed by atoms with E-state index in [1.54, 1.807) is 23.6 Å². The SMILES string of the molecule is Cc1nc(-c2nccc(N)n2)cs1. The second-order valence-electron chi connectivity index (χ2n) is 2.56. The predicted octanol–water partition coefficient (Wildman–Crippen LogP) is 1.49. The molecule has 0 saturated carbocycles. The van der Waals surface area contributed by atoms with Crippen LogP contribution in [0.3, 0.4) is 0 Å². The number of nitrogen functional groups attached to an aromatic ring is 1. The number of thiazole rings is 1. The van der Waals surface area contributed by atoms with Crippen LogP contribution >= 0.6 is 11.3 Å². The Labute approximate surface area is 79.5 Å². The van der Waals surface area contributed by atoms with Gasteiger partial charge in [0.2, 0.25) is 0 Å². The lowest BCUT2D eigenvalue weighted by Crippen LogP contribution is -1.94. The molecule has 0 aliphatic carbocycles. The molecule has 2 aromatic heterocycles. The second kappa shape index (κ2) is 3.10. The zero-order chi connectivity index (χ0) is 9.26. The van der Waals surface area contributed by atoms with Crippen molar-refractivity contribution in [3.8, 4) is 11.5 Å². The molecule has 0 amide bonds. The molecule has 0 atom stereocenters. The van der Waals surface area contributed by atoms with Gasteiger partial charge in [0.1, 0.15) is 11.5 Å². The third-order valence-corrected chi connectivity index (χ3v) is 2.30. The lowest BCUT2D eigenvalue weighted by molar-refractivity contribution is 1.15. The van der Waals surface area contributed by atoms with Crippen LogP contribution in [0.5, 0.6) is 0 Å². The Bertz CT molecular complexity index is 424. The average molecular weight is 192 g/mol. The summed E-state index contributed by atoms with van der Waals surface area (Å²) < 4.78 is 0. The van der Waals surface area contributed by atoms with Gasteiger partial charge >= 0.3 is 0 Å². The minimum Gasteiger partial charge on any atom is -0.384 e. The standard InChI is InChI=1S/C8H8N4S/c1-5-11-6(4-13-5)8-10-3-2-7(9)12-8/h2-4H,1H3,(H2,9,10,12). The van der Waals surface area contributed by atoms with Crippen LogP contribution < -0.4 is 5.73 Å². The average Bonchev–Trinajstić information content (AvgIpc) is 2.52. The number of nitrogens with two attached hydrogens (primary N) is 1. The normalized spacial score (nSPS) is 10.2. The number of hydrogen-bond acceptors (Lipinski definition) is 5. The van der Waals surface area contributed by atoms with Crippen molar-refractivity contribution >= 4 is 17.2 Å². The van der Waals surface area contributed by atoms with E-state index in [9.17, 15) is 0 Å². The summed E-state index contributed by atoms with van der Waals surface area (Å²) in [5.74, 6) is 1.06. The minimum absolute atomic E-state index is 0.468. The third kappa shape index (κ3) is 1.65. The molecule has 2 N–H and O–H groups in total. The third-order valence-electron chi connectivity index (χ3n) is 1.53. The number of aromatic nitrogens is 3. The van der Waals surface area contributed by atoms with Gasteiger partial charge in [0.25, 0.3) is 0 Å². The van der Waals surface area contributed by atoms with Crippen molar-refractivity contribution in [1.82, 2.24) is 15.0 Å². The molecule has 0 aliphatic rings. The van der Waals surface area contributed by atoms with Crippen molar-refractivity contribution in [2.45, 2.75) is 6.92 Å². The molecule has 4 nitrogen and oxygen atoms in total. The van der Waals surface area contributed by atoms with Crippen molar-refractivity contribution in [1.29, 1.82) is 0 Å². The fourth-order valence-electron chi connectivity index (χ4n) is 0.962. The largest absolute Gasteiger partial charge is 0.384 e. The fourth-order valence-corrected chi connectivity index (χ4v) is 1.55. The minimum atomic E-state index is 0.468. The molecule has 0 aromatic carbocycles. The molecule has 0 aliphatic heterocycles. The molecule has 2 rings (SSSR count). The molecule has 13 heavy (non-hydrogen) atoms. The van der Waals surface area contributed by atoms with Gasteiger partial charge in [-0.25, -0.2) is 15.0 Å². The zero-order valence-electron chi connectivity index (χ0n) is 7.06. The van der Waals surface area contributed by atoms with Crippen LogP contribution in [-0.4, -0.2) is 15.0 Å². The van der Waals surface area contributed by atoms with E-state index in [1.165, 1.54) is 0 Å². The molecule has 0 unspecified atom stereocenters. The Kier molecular flexibility index (Phi) is 1.94. The quantitative estimate of drug-likeness (QED) is 0.743. The van der Waals surface area contributed by atoms with E-state index in [0.29, 0.717) is 11.6 Å². The van der Waals surface area contributed by atoms with Crippen molar-refractivity contribution < 1.29 is 0 Å². The monoisotopic (exact) mass is 192 g/mol. The van der Waals surface area contributed by atoms with Crippen molar-refractivity contribution in [2.75, 3.05) is 5.73 Å². The molecular formula is C8H8N4S. The van der Waals surface area contributed by atoms with Crippen LogP contribution in [0.15, 0.2) is 17.6 Å². The number of rotatable bonds is 1. The first-order valence-corrected chi connectivity index (χ1v) is 4.65. The van der Waals surface area contributed by atoms with Gasteiger partial charge in [0, 0.05) is 11.6 Å². The van der Waals surface area contributed by atoms with Gasteiger partial charge in [-0.3, -0.25) is 0 Å². The molecule has 66 valence electrons. The molecule has 5 heteroatoms. The molecule has 0 fully saturated rings. The molecular weight excluding hydrogens is 184 g/mol. The Hall–Kier alpha value is -1.49. The van der Waals surface area contributed by atoms with Gasteiger partial charge in [-0.2, -0.15) is 0 Å². The summed E-state index contributed by atoms with van der Waals surface area (Å²) in [6.45, 7) is 1.94. The van der Waals surface area contributed by atoms with Crippen LogP contribution in [-0.2, 0) is 0 Å². The van der Waals surface area contributed by atoms with E-state index >= 15 is 0 Å². The van der Waals surface area contributed by atoms with Crippen LogP contribution in [0.25, 0.3) is 11.5 Å². The van der Waals surface area contributed by atoms with Gasteiger partial charge in [-0.15, -0.1) is 11.3 Å². The highest BCUT2D eigenvalue weighted by Crippen LogP contribution is 2.17. The molecule has 0 spiro atoms. The summed E-state index contributed by atoms with van der Waals surface area (Å²) in [5.41, 5.74) is 6.31. The van der Waals surface area contributed by atoms with Crippen molar-refractivity contribution in [3.05, 3.63) is 22.7 Å². The van der Waals surface area contributed by atoms with Gasteiger partial charge in [0.15, 0.2) is 5.82 Å². The van der Waals surface area contributed by atoms with E-state index in [0.717, 1.165) is 10.7 Å². The van der Waals surface area contributed by atoms with Crippen LogP contribution in [0.2, 0.25) is 0 Å². The number of nitrogens with zero attached hydrogens (tertiary/aromatic N) is 3. The molecule has 2 aromatic rings. The van der Waals surface area contributed by atoms with E-state index in [-0.39, 0.29) is 0 Å². The van der Waals surface area contributed by atoms with Gasteiger partial charge in [-0.1, -0.05) is 0 Å². The van der Waals surface area contributed by atoms with Crippen molar-refractivity contribution in [3.63, 3.8) is 0 Å². The van der Waals surface area contributed by atoms with Gasteiger partial charge in [0.05, 0.1) is 5.01 Å². The summed E-state index contributed by atoms with van der Waals surface area (Å²) in [6.07, 6.45) is 1.63. The smallest absolute Gasteiger partial charge is 0.181 e. The highest BCUT2D eigenvalue weighted by Gasteiger charge is 2.04. The van der Waals surface area contributed by atoms with E-state index < -0.39 is 0 Å². The lowest BCUT2D eigenvalue weighted by Gasteiger charge is -1.94. The number of hydrogen-bond donors (Lipinski definition) is 1. The summed E-state index contributed by atoms with van der Waals surface area (Å²) >= 11 is 1.57. The Morgan fingerprint density at radius 3 is 2.85 bits per heavy atom. The number of aryl methyl sites for hydroxylation is 1. The lowest BCUT2D eigenvalue weighted by atomic mass is 10.4. The maximum atomic E-state index is 5.53. The van der Waals surface area contributed by atoms with E-state index in [1.807, 2.05) is 12.3 Å². The molecule has 2 heterocycles. The van der Waals surface area contributed by atoms with Crippen molar-refractivity contribution in [2.24, 2.45) is 0 Å². The molecule has 0 saturated heterocycles. The Balaban J connectivity index is 2.46. The summed E-state index contributed by atoms with van der Waals surface area (Å²) in [5, 5.41) is 2.92. The van der Waals surface area contributed by atoms with E-state index in [2.05, 4.69) is 15.0 Å². The first-order valence-electron chi connectivity index (χ1n) is 3.77. The predicted molar refractivity (Wildman–Crippen MR) is 52.3 cm³/mol. The van der Waals surface area contributed by atoms with Crippen LogP contribution in [0, 0.1) is 6.92 Å². The Morgan fingerprint density at radius 2 is 2.23 bits per heavy atom. The summed E-state index contributed by atoms with van der Waals surface area (Å²) in [6, 6.07) is 1.66. The zero-order valence-corrected chi connectivity index (χ0v) is 7.88.